The molecule has 0 aromatic carbocycles. The zero-order chi connectivity index (χ0) is 19.5. The molecule has 1 unspecified atom stereocenters. The van der Waals surface area contributed by atoms with Crippen LogP contribution in [0.15, 0.2) is 0 Å². The molecule has 5 heteroatoms. The topological polar surface area (TPSA) is 61.8 Å². The van der Waals surface area contributed by atoms with Crippen LogP contribution in [-0.4, -0.2) is 42.3 Å². The second-order valence-corrected chi connectivity index (χ2v) is 9.90. The lowest BCUT2D eigenvalue weighted by molar-refractivity contribution is -0.165. The van der Waals surface area contributed by atoms with Gasteiger partial charge in [-0.2, -0.15) is 0 Å². The number of ketones is 1. The van der Waals surface area contributed by atoms with Crippen molar-refractivity contribution in [1.29, 1.82) is 0 Å². The van der Waals surface area contributed by atoms with Crippen LogP contribution < -0.4 is 0 Å². The van der Waals surface area contributed by atoms with Crippen molar-refractivity contribution in [3.05, 3.63) is 0 Å². The predicted molar refractivity (Wildman–Crippen MR) is 100 cm³/mol. The molecule has 27 heavy (non-hydrogen) atoms. The minimum absolute atomic E-state index is 0.0312. The van der Waals surface area contributed by atoms with Crippen molar-refractivity contribution < 1.29 is 23.8 Å². The molecule has 4 rings (SSSR count). The molecule has 4 fully saturated rings. The Morgan fingerprint density at radius 1 is 1.15 bits per heavy atom. The molecule has 10 atom stereocenters. The van der Waals surface area contributed by atoms with Crippen LogP contribution in [0, 0.1) is 35.5 Å². The summed E-state index contributed by atoms with van der Waals surface area (Å²) < 4.78 is 18.9. The van der Waals surface area contributed by atoms with Crippen LogP contribution in [0.5, 0.6) is 0 Å². The van der Waals surface area contributed by atoms with Gasteiger partial charge in [-0.05, 0) is 49.9 Å². The quantitative estimate of drug-likeness (QED) is 0.655. The fourth-order valence-electron chi connectivity index (χ4n) is 6.46. The summed E-state index contributed by atoms with van der Waals surface area (Å²) in [4.78, 5) is 25.1. The Hall–Kier alpha value is -0.940. The van der Waals surface area contributed by atoms with Gasteiger partial charge in [0.05, 0.1) is 18.8 Å². The molecule has 4 aliphatic rings. The largest absolute Gasteiger partial charge is 0.462 e. The number of carbonyl (C=O) groups is 2. The molecule has 5 nitrogen and oxygen atoms in total. The molecule has 2 bridgehead atoms. The Balaban J connectivity index is 1.81. The number of hydrogen-bond donors (Lipinski definition) is 0. The van der Waals surface area contributed by atoms with E-state index in [1.54, 1.807) is 0 Å². The molecule has 0 spiro atoms. The molecule has 1 aliphatic carbocycles. The van der Waals surface area contributed by atoms with Crippen LogP contribution in [-0.2, 0) is 23.8 Å². The van der Waals surface area contributed by atoms with Crippen molar-refractivity contribution in [3.8, 4) is 0 Å². The van der Waals surface area contributed by atoms with E-state index in [0.717, 1.165) is 19.3 Å². The first-order valence-electron chi connectivity index (χ1n) is 10.7. The first-order valence-corrected chi connectivity index (χ1v) is 10.7. The van der Waals surface area contributed by atoms with Crippen LogP contribution in [0.3, 0.4) is 0 Å². The van der Waals surface area contributed by atoms with Crippen LogP contribution in [0.2, 0.25) is 0 Å². The van der Waals surface area contributed by atoms with Crippen molar-refractivity contribution in [2.45, 2.75) is 84.2 Å². The summed E-state index contributed by atoms with van der Waals surface area (Å²) in [7, 11) is 0. The number of hydrogen-bond acceptors (Lipinski definition) is 5. The summed E-state index contributed by atoms with van der Waals surface area (Å²) in [5, 5.41) is 0. The first-order chi connectivity index (χ1) is 12.7. The zero-order valence-corrected chi connectivity index (χ0v) is 17.3. The number of esters is 1. The Morgan fingerprint density at radius 3 is 2.59 bits per heavy atom. The second-order valence-electron chi connectivity index (χ2n) is 9.90. The van der Waals surface area contributed by atoms with Gasteiger partial charge in [0, 0.05) is 25.2 Å². The third-order valence-electron chi connectivity index (χ3n) is 7.90. The van der Waals surface area contributed by atoms with Gasteiger partial charge in [-0.25, -0.2) is 0 Å². The SMILES string of the molecule is CC(=O)O[C@H]1[C@@H]2[C@@H]3C(C[C@H]1C)[C@@H](C)CO[C@@]1(C)C(=O)CC[C@H](C)C[C@@H]2O[C@@H]31. The lowest BCUT2D eigenvalue weighted by Crippen LogP contribution is -2.54. The molecule has 3 heterocycles. The highest BCUT2D eigenvalue weighted by Gasteiger charge is 2.64. The molecule has 0 aromatic heterocycles. The first kappa shape index (κ1) is 19.4. The van der Waals surface area contributed by atoms with Gasteiger partial charge in [0.1, 0.15) is 11.7 Å². The van der Waals surface area contributed by atoms with Crippen LogP contribution in [0.1, 0.15) is 60.3 Å². The molecule has 0 aromatic rings. The van der Waals surface area contributed by atoms with Gasteiger partial charge < -0.3 is 14.2 Å². The molecule has 0 radical (unpaired) electrons. The number of Topliss-reactive ketones (excluding diaryl/α,β-unsaturated/α-hetero) is 1. The van der Waals surface area contributed by atoms with Gasteiger partial charge in [0.2, 0.25) is 0 Å². The van der Waals surface area contributed by atoms with Crippen molar-refractivity contribution in [3.63, 3.8) is 0 Å². The zero-order valence-electron chi connectivity index (χ0n) is 17.3. The van der Waals surface area contributed by atoms with Crippen molar-refractivity contribution in [2.24, 2.45) is 35.5 Å². The van der Waals surface area contributed by atoms with Crippen molar-refractivity contribution in [2.75, 3.05) is 6.61 Å². The predicted octanol–water partition coefficient (Wildman–Crippen LogP) is 3.39. The van der Waals surface area contributed by atoms with Gasteiger partial charge in [0.25, 0.3) is 0 Å². The highest BCUT2D eigenvalue weighted by Crippen LogP contribution is 2.57. The van der Waals surface area contributed by atoms with Gasteiger partial charge >= 0.3 is 5.97 Å². The molecular formula is C22H34O5. The maximum atomic E-state index is 13.2. The van der Waals surface area contributed by atoms with E-state index in [1.807, 2.05) is 6.92 Å². The molecular weight excluding hydrogens is 344 g/mol. The number of ether oxygens (including phenoxy) is 3. The minimum Gasteiger partial charge on any atom is -0.462 e. The van der Waals surface area contributed by atoms with E-state index in [4.69, 9.17) is 14.2 Å². The fraction of sp³-hybridized carbons (Fsp3) is 0.909. The lowest BCUT2D eigenvalue weighted by Gasteiger charge is -2.46. The number of rotatable bonds is 1. The molecule has 0 N–H and O–H groups in total. The van der Waals surface area contributed by atoms with E-state index in [1.165, 1.54) is 6.92 Å². The Bertz CT molecular complexity index is 618. The normalized spacial score (nSPS) is 52.3. The second kappa shape index (κ2) is 6.84. The average Bonchev–Trinajstić information content (AvgIpc) is 2.95. The number of carbonyl (C=O) groups excluding carboxylic acids is 2. The summed E-state index contributed by atoms with van der Waals surface area (Å²) in [6, 6.07) is 0. The number of fused-ring (bicyclic) bond motifs is 2. The van der Waals surface area contributed by atoms with E-state index in [-0.39, 0.29) is 41.9 Å². The monoisotopic (exact) mass is 378 g/mol. The minimum atomic E-state index is -0.883. The van der Waals surface area contributed by atoms with Crippen molar-refractivity contribution in [1.82, 2.24) is 0 Å². The van der Waals surface area contributed by atoms with Crippen LogP contribution in [0.4, 0.5) is 0 Å². The fourth-order valence-corrected chi connectivity index (χ4v) is 6.46. The van der Waals surface area contributed by atoms with Crippen molar-refractivity contribution >= 4 is 11.8 Å². The molecule has 1 saturated carbocycles. The average molecular weight is 379 g/mol. The highest BCUT2D eigenvalue weighted by atomic mass is 16.6. The molecule has 3 aliphatic heterocycles. The summed E-state index contributed by atoms with van der Waals surface area (Å²) in [6.07, 6.45) is 3.02. The van der Waals surface area contributed by atoms with E-state index < -0.39 is 5.60 Å². The van der Waals surface area contributed by atoms with E-state index in [2.05, 4.69) is 20.8 Å². The van der Waals surface area contributed by atoms with Crippen LogP contribution >= 0.6 is 0 Å². The highest BCUT2D eigenvalue weighted by molar-refractivity contribution is 5.88. The molecule has 3 saturated heterocycles. The Labute approximate surface area is 162 Å². The van der Waals surface area contributed by atoms with E-state index >= 15 is 0 Å². The third kappa shape index (κ3) is 3.05. The standard InChI is InChI=1S/C22H34O5/c1-11-6-7-17(24)22(5)21-18-15(13(3)10-25-22)9-12(2)20(26-14(4)23)19(18)16(8-11)27-21/h11-13,15-16,18-21H,6-10H2,1-5H3/t11-,12+,13-,15?,16-,18-,19-,20+,21-,22-/m0/s1. The Morgan fingerprint density at radius 2 is 1.89 bits per heavy atom. The molecule has 152 valence electrons. The van der Waals surface area contributed by atoms with E-state index in [9.17, 15) is 9.59 Å². The van der Waals surface area contributed by atoms with E-state index in [0.29, 0.717) is 36.7 Å². The summed E-state index contributed by atoms with van der Waals surface area (Å²) >= 11 is 0. The summed E-state index contributed by atoms with van der Waals surface area (Å²) in [5.74, 6) is 1.85. The smallest absolute Gasteiger partial charge is 0.302 e. The summed E-state index contributed by atoms with van der Waals surface area (Å²) in [6.45, 7) is 10.7. The summed E-state index contributed by atoms with van der Waals surface area (Å²) in [5.41, 5.74) is -0.883. The maximum absolute atomic E-state index is 13.2. The lowest BCUT2D eigenvalue weighted by atomic mass is 9.59. The van der Waals surface area contributed by atoms with Crippen LogP contribution in [0.25, 0.3) is 0 Å². The van der Waals surface area contributed by atoms with Gasteiger partial charge in [-0.1, -0.05) is 20.8 Å². The van der Waals surface area contributed by atoms with Gasteiger partial charge in [0.15, 0.2) is 5.78 Å². The Kier molecular flexibility index (Phi) is 4.91. The van der Waals surface area contributed by atoms with Gasteiger partial charge in [-0.3, -0.25) is 9.59 Å². The third-order valence-corrected chi connectivity index (χ3v) is 7.90. The van der Waals surface area contributed by atoms with Gasteiger partial charge in [-0.15, -0.1) is 0 Å². The molecule has 0 amide bonds. The maximum Gasteiger partial charge on any atom is 0.302 e.